The Morgan fingerprint density at radius 1 is 1.22 bits per heavy atom. The van der Waals surface area contributed by atoms with E-state index >= 15 is 0 Å². The predicted octanol–water partition coefficient (Wildman–Crippen LogP) is 3.48. The van der Waals surface area contributed by atoms with Gasteiger partial charge < -0.3 is 9.26 Å². The van der Waals surface area contributed by atoms with Gasteiger partial charge >= 0.3 is 0 Å². The van der Waals surface area contributed by atoms with Gasteiger partial charge in [-0.2, -0.15) is 16.3 Å². The van der Waals surface area contributed by atoms with E-state index in [-0.39, 0.29) is 12.4 Å². The Bertz CT molecular complexity index is 728. The van der Waals surface area contributed by atoms with Crippen LogP contribution in [0.25, 0.3) is 0 Å². The molecule has 5 nitrogen and oxygen atoms in total. The Balaban J connectivity index is 1.50. The van der Waals surface area contributed by atoms with E-state index in [1.807, 2.05) is 7.05 Å². The van der Waals surface area contributed by atoms with Gasteiger partial charge in [-0.05, 0) is 53.7 Å². The zero-order chi connectivity index (χ0) is 16.1. The van der Waals surface area contributed by atoms with E-state index < -0.39 is 0 Å². The van der Waals surface area contributed by atoms with Crippen molar-refractivity contribution in [2.45, 2.75) is 19.7 Å². The van der Waals surface area contributed by atoms with Crippen molar-refractivity contribution >= 4 is 11.3 Å². The van der Waals surface area contributed by atoms with Crippen LogP contribution in [0, 0.1) is 5.82 Å². The summed E-state index contributed by atoms with van der Waals surface area (Å²) in [5.74, 6) is 1.27. The van der Waals surface area contributed by atoms with Crippen LogP contribution < -0.4 is 4.74 Å². The Kier molecular flexibility index (Phi) is 4.99. The monoisotopic (exact) mass is 333 g/mol. The van der Waals surface area contributed by atoms with Gasteiger partial charge in [0, 0.05) is 6.54 Å². The standard InChI is InChI=1S/C16H16FN3O2S/c1-20(8-12-6-7-23-11-12)9-16-18-15(19-22-16)10-21-14-4-2-13(17)3-5-14/h2-7,11H,8-10H2,1H3. The third-order valence-corrected chi connectivity index (χ3v) is 3.86. The van der Waals surface area contributed by atoms with Gasteiger partial charge in [0.2, 0.25) is 11.7 Å². The molecular weight excluding hydrogens is 317 g/mol. The van der Waals surface area contributed by atoms with Crippen LogP contribution in [0.1, 0.15) is 17.3 Å². The molecule has 0 radical (unpaired) electrons. The average molecular weight is 333 g/mol. The van der Waals surface area contributed by atoms with E-state index in [0.29, 0.717) is 24.0 Å². The fourth-order valence-corrected chi connectivity index (χ4v) is 2.73. The molecule has 0 saturated carbocycles. The highest BCUT2D eigenvalue weighted by Crippen LogP contribution is 2.13. The highest BCUT2D eigenvalue weighted by Gasteiger charge is 2.10. The quantitative estimate of drug-likeness (QED) is 0.662. The maximum absolute atomic E-state index is 12.8. The van der Waals surface area contributed by atoms with E-state index in [1.54, 1.807) is 23.5 Å². The fraction of sp³-hybridized carbons (Fsp3) is 0.250. The first-order valence-corrected chi connectivity index (χ1v) is 8.03. The first kappa shape index (κ1) is 15.6. The van der Waals surface area contributed by atoms with Gasteiger partial charge in [0.05, 0.1) is 6.54 Å². The first-order valence-electron chi connectivity index (χ1n) is 7.08. The molecule has 0 aliphatic carbocycles. The summed E-state index contributed by atoms with van der Waals surface area (Å²) in [6.07, 6.45) is 0. The average Bonchev–Trinajstić information content (AvgIpc) is 3.19. The minimum Gasteiger partial charge on any atom is -0.485 e. The van der Waals surface area contributed by atoms with E-state index in [0.717, 1.165) is 6.54 Å². The molecule has 120 valence electrons. The minimum atomic E-state index is -0.298. The fourth-order valence-electron chi connectivity index (χ4n) is 2.07. The zero-order valence-electron chi connectivity index (χ0n) is 12.6. The molecule has 0 amide bonds. The van der Waals surface area contributed by atoms with Crippen LogP contribution in [0.3, 0.4) is 0 Å². The summed E-state index contributed by atoms with van der Waals surface area (Å²) in [6.45, 7) is 1.58. The molecule has 2 heterocycles. The summed E-state index contributed by atoms with van der Waals surface area (Å²) in [5.41, 5.74) is 1.26. The molecule has 0 unspecified atom stereocenters. The van der Waals surface area contributed by atoms with Crippen molar-refractivity contribution in [1.82, 2.24) is 15.0 Å². The molecule has 3 rings (SSSR count). The van der Waals surface area contributed by atoms with Gasteiger partial charge in [-0.15, -0.1) is 0 Å². The molecule has 3 aromatic rings. The number of hydrogen-bond donors (Lipinski definition) is 0. The van der Waals surface area contributed by atoms with Gasteiger partial charge in [-0.1, -0.05) is 5.16 Å². The number of aromatic nitrogens is 2. The third kappa shape index (κ3) is 4.61. The third-order valence-electron chi connectivity index (χ3n) is 3.13. The molecule has 0 saturated heterocycles. The highest BCUT2D eigenvalue weighted by molar-refractivity contribution is 7.07. The molecule has 0 aliphatic heterocycles. The first-order chi connectivity index (χ1) is 11.2. The lowest BCUT2D eigenvalue weighted by atomic mass is 10.3. The van der Waals surface area contributed by atoms with Crippen LogP contribution in [0.4, 0.5) is 4.39 Å². The predicted molar refractivity (Wildman–Crippen MR) is 84.5 cm³/mol. The van der Waals surface area contributed by atoms with Crippen LogP contribution in [0.15, 0.2) is 45.6 Å². The number of halogens is 1. The van der Waals surface area contributed by atoms with Crippen molar-refractivity contribution in [3.8, 4) is 5.75 Å². The number of thiophene rings is 1. The molecule has 0 spiro atoms. The largest absolute Gasteiger partial charge is 0.485 e. The van der Waals surface area contributed by atoms with Crippen LogP contribution >= 0.6 is 11.3 Å². The smallest absolute Gasteiger partial charge is 0.240 e. The lowest BCUT2D eigenvalue weighted by Gasteiger charge is -2.12. The van der Waals surface area contributed by atoms with E-state index in [2.05, 4.69) is 31.9 Å². The van der Waals surface area contributed by atoms with Gasteiger partial charge in [0.15, 0.2) is 6.61 Å². The van der Waals surface area contributed by atoms with E-state index in [4.69, 9.17) is 9.26 Å². The van der Waals surface area contributed by atoms with Gasteiger partial charge in [0.25, 0.3) is 0 Å². The maximum Gasteiger partial charge on any atom is 0.240 e. The summed E-state index contributed by atoms with van der Waals surface area (Å²) in [6, 6.07) is 7.90. The van der Waals surface area contributed by atoms with Crippen LogP contribution in [-0.4, -0.2) is 22.1 Å². The number of ether oxygens (including phenoxy) is 1. The summed E-state index contributed by atoms with van der Waals surface area (Å²) >= 11 is 1.68. The normalized spacial score (nSPS) is 11.1. The molecule has 7 heteroatoms. The Hall–Kier alpha value is -2.25. The molecule has 0 N–H and O–H groups in total. The second-order valence-electron chi connectivity index (χ2n) is 5.15. The van der Waals surface area contributed by atoms with Crippen molar-refractivity contribution in [1.29, 1.82) is 0 Å². The summed E-state index contributed by atoms with van der Waals surface area (Å²) < 4.78 is 23.5. The van der Waals surface area contributed by atoms with Crippen LogP contribution in [0.5, 0.6) is 5.75 Å². The SMILES string of the molecule is CN(Cc1ccsc1)Cc1nc(COc2ccc(F)cc2)no1. The van der Waals surface area contributed by atoms with Crippen molar-refractivity contribution in [2.75, 3.05) is 7.05 Å². The molecule has 0 atom stereocenters. The molecule has 2 aromatic heterocycles. The Morgan fingerprint density at radius 3 is 2.78 bits per heavy atom. The summed E-state index contributed by atoms with van der Waals surface area (Å²) in [4.78, 5) is 6.39. The van der Waals surface area contributed by atoms with Gasteiger partial charge in [-0.3, -0.25) is 4.90 Å². The number of benzene rings is 1. The topological polar surface area (TPSA) is 51.4 Å². The van der Waals surface area contributed by atoms with Gasteiger partial charge in [0.1, 0.15) is 11.6 Å². The Labute approximate surface area is 137 Å². The summed E-state index contributed by atoms with van der Waals surface area (Å²) in [7, 11) is 2.00. The summed E-state index contributed by atoms with van der Waals surface area (Å²) in [5, 5.41) is 8.06. The second kappa shape index (κ2) is 7.34. The van der Waals surface area contributed by atoms with Gasteiger partial charge in [-0.25, -0.2) is 4.39 Å². The van der Waals surface area contributed by atoms with E-state index in [9.17, 15) is 4.39 Å². The second-order valence-corrected chi connectivity index (χ2v) is 5.93. The number of rotatable bonds is 7. The maximum atomic E-state index is 12.8. The van der Waals surface area contributed by atoms with Crippen molar-refractivity contribution in [2.24, 2.45) is 0 Å². The van der Waals surface area contributed by atoms with Crippen molar-refractivity contribution in [3.05, 3.63) is 64.2 Å². The molecule has 0 fully saturated rings. The molecule has 23 heavy (non-hydrogen) atoms. The highest BCUT2D eigenvalue weighted by atomic mass is 32.1. The molecular formula is C16H16FN3O2S. The number of nitrogens with zero attached hydrogens (tertiary/aromatic N) is 3. The Morgan fingerprint density at radius 2 is 2.04 bits per heavy atom. The minimum absolute atomic E-state index is 0.184. The molecule has 1 aromatic carbocycles. The van der Waals surface area contributed by atoms with Crippen molar-refractivity contribution < 1.29 is 13.7 Å². The van der Waals surface area contributed by atoms with Crippen LogP contribution in [0.2, 0.25) is 0 Å². The molecule has 0 aliphatic rings. The lowest BCUT2D eigenvalue weighted by molar-refractivity contribution is 0.256. The number of hydrogen-bond acceptors (Lipinski definition) is 6. The molecule has 0 bridgehead atoms. The zero-order valence-corrected chi connectivity index (χ0v) is 13.4. The van der Waals surface area contributed by atoms with Crippen molar-refractivity contribution in [3.63, 3.8) is 0 Å². The van der Waals surface area contributed by atoms with Crippen LogP contribution in [-0.2, 0) is 19.7 Å². The van der Waals surface area contributed by atoms with E-state index in [1.165, 1.54) is 17.7 Å². The lowest BCUT2D eigenvalue weighted by Crippen LogP contribution is -2.17.